The molecule has 0 spiro atoms. The molecule has 1 aliphatic rings. The molecular weight excluding hydrogens is 362 g/mol. The molecule has 4 rings (SSSR count). The quantitative estimate of drug-likeness (QED) is 0.499. The summed E-state index contributed by atoms with van der Waals surface area (Å²) in [5.41, 5.74) is 3.08. The molecule has 0 radical (unpaired) electrons. The van der Waals surface area contributed by atoms with E-state index in [2.05, 4.69) is 29.7 Å². The van der Waals surface area contributed by atoms with Gasteiger partial charge in [0.25, 0.3) is 0 Å². The van der Waals surface area contributed by atoms with E-state index in [0.717, 1.165) is 35.7 Å². The van der Waals surface area contributed by atoms with E-state index in [4.69, 9.17) is 9.72 Å². The molecule has 152 valence electrons. The Bertz CT molecular complexity index is 995. The lowest BCUT2D eigenvalue weighted by Gasteiger charge is -2.18. The second kappa shape index (κ2) is 8.68. The van der Waals surface area contributed by atoms with Gasteiger partial charge in [-0.05, 0) is 30.7 Å². The van der Waals surface area contributed by atoms with Gasteiger partial charge in [0.1, 0.15) is 11.6 Å². The number of rotatable bonds is 8. The van der Waals surface area contributed by atoms with Crippen LogP contribution in [0.15, 0.2) is 48.5 Å². The third-order valence-electron chi connectivity index (χ3n) is 5.77. The average molecular weight is 392 g/mol. The van der Waals surface area contributed by atoms with Crippen LogP contribution >= 0.6 is 0 Å². The van der Waals surface area contributed by atoms with Crippen molar-refractivity contribution in [3.05, 3.63) is 54.4 Å². The molecule has 0 saturated carbocycles. The van der Waals surface area contributed by atoms with Gasteiger partial charge in [-0.3, -0.25) is 4.79 Å². The standard InChI is InChI=1S/C24H29N3O2/c1-3-4-5-8-14-26-22-13-7-6-12-21(22)25-24(26)18-15-23(28)27(17-18)19-10-9-11-20(16-19)29-2/h6-7,9-13,16,18H,3-5,8,14-15,17H2,1-2H3/t18-/m1/s1. The van der Waals surface area contributed by atoms with Crippen molar-refractivity contribution in [1.29, 1.82) is 0 Å². The Balaban J connectivity index is 1.61. The Labute approximate surface area is 172 Å². The van der Waals surface area contributed by atoms with E-state index in [1.807, 2.05) is 35.2 Å². The van der Waals surface area contributed by atoms with E-state index in [0.29, 0.717) is 13.0 Å². The molecule has 3 aromatic rings. The first-order chi connectivity index (χ1) is 14.2. The smallest absolute Gasteiger partial charge is 0.227 e. The number of ether oxygens (including phenoxy) is 1. The van der Waals surface area contributed by atoms with Crippen LogP contribution in [0.4, 0.5) is 5.69 Å². The number of nitrogens with zero attached hydrogens (tertiary/aromatic N) is 3. The van der Waals surface area contributed by atoms with Gasteiger partial charge in [-0.25, -0.2) is 4.98 Å². The number of fused-ring (bicyclic) bond motifs is 1. The van der Waals surface area contributed by atoms with Crippen LogP contribution in [0.25, 0.3) is 11.0 Å². The molecule has 2 aromatic carbocycles. The number of aryl methyl sites for hydroxylation is 1. The molecule has 1 amide bonds. The van der Waals surface area contributed by atoms with Crippen LogP contribution in [-0.2, 0) is 11.3 Å². The van der Waals surface area contributed by atoms with Crippen molar-refractivity contribution >= 4 is 22.6 Å². The molecule has 1 saturated heterocycles. The molecule has 29 heavy (non-hydrogen) atoms. The topological polar surface area (TPSA) is 47.4 Å². The van der Waals surface area contributed by atoms with Crippen molar-refractivity contribution in [2.45, 2.75) is 51.5 Å². The fraction of sp³-hybridized carbons (Fsp3) is 0.417. The molecule has 1 aliphatic heterocycles. The lowest BCUT2D eigenvalue weighted by atomic mass is 10.1. The second-order valence-corrected chi connectivity index (χ2v) is 7.78. The van der Waals surface area contributed by atoms with Gasteiger partial charge in [0.05, 0.1) is 18.1 Å². The van der Waals surface area contributed by atoms with Gasteiger partial charge in [0, 0.05) is 37.2 Å². The van der Waals surface area contributed by atoms with Gasteiger partial charge in [0.2, 0.25) is 5.91 Å². The lowest BCUT2D eigenvalue weighted by molar-refractivity contribution is -0.117. The molecule has 5 heteroatoms. The Morgan fingerprint density at radius 1 is 1.10 bits per heavy atom. The van der Waals surface area contributed by atoms with E-state index in [1.54, 1.807) is 7.11 Å². The van der Waals surface area contributed by atoms with Crippen molar-refractivity contribution < 1.29 is 9.53 Å². The highest BCUT2D eigenvalue weighted by molar-refractivity contribution is 5.96. The highest BCUT2D eigenvalue weighted by Gasteiger charge is 2.34. The van der Waals surface area contributed by atoms with Crippen LogP contribution in [0.5, 0.6) is 5.75 Å². The Kier molecular flexibility index (Phi) is 5.84. The number of carbonyl (C=O) groups excluding carboxylic acids is 1. The number of amides is 1. The van der Waals surface area contributed by atoms with E-state index in [1.165, 1.54) is 24.8 Å². The summed E-state index contributed by atoms with van der Waals surface area (Å²) in [6.45, 7) is 3.85. The number of methoxy groups -OCH3 is 1. The van der Waals surface area contributed by atoms with E-state index in [-0.39, 0.29) is 11.8 Å². The Morgan fingerprint density at radius 2 is 1.97 bits per heavy atom. The van der Waals surface area contributed by atoms with Gasteiger partial charge in [-0.2, -0.15) is 0 Å². The van der Waals surface area contributed by atoms with Crippen LogP contribution in [0.1, 0.15) is 50.8 Å². The summed E-state index contributed by atoms with van der Waals surface area (Å²) in [6.07, 6.45) is 5.34. The lowest BCUT2D eigenvalue weighted by Crippen LogP contribution is -2.24. The fourth-order valence-electron chi connectivity index (χ4n) is 4.25. The normalized spacial score (nSPS) is 16.7. The minimum Gasteiger partial charge on any atom is -0.497 e. The van der Waals surface area contributed by atoms with Crippen molar-refractivity contribution in [3.8, 4) is 5.75 Å². The minimum absolute atomic E-state index is 0.104. The van der Waals surface area contributed by atoms with Crippen molar-refractivity contribution in [2.75, 3.05) is 18.6 Å². The zero-order valence-electron chi connectivity index (χ0n) is 17.3. The summed E-state index contributed by atoms with van der Waals surface area (Å²) in [5.74, 6) is 2.06. The number of benzene rings is 2. The van der Waals surface area contributed by atoms with Crippen LogP contribution in [-0.4, -0.2) is 29.1 Å². The van der Waals surface area contributed by atoms with Crippen LogP contribution in [0.3, 0.4) is 0 Å². The molecule has 0 unspecified atom stereocenters. The number of carbonyl (C=O) groups is 1. The van der Waals surface area contributed by atoms with Crippen LogP contribution < -0.4 is 9.64 Å². The SMILES string of the molecule is CCCCCCn1c([C@@H]2CC(=O)N(c3cccc(OC)c3)C2)nc2ccccc21. The van der Waals surface area contributed by atoms with Crippen molar-refractivity contribution in [1.82, 2.24) is 9.55 Å². The maximum absolute atomic E-state index is 12.8. The monoisotopic (exact) mass is 391 g/mol. The van der Waals surface area contributed by atoms with Crippen molar-refractivity contribution in [2.24, 2.45) is 0 Å². The van der Waals surface area contributed by atoms with Gasteiger partial charge < -0.3 is 14.2 Å². The summed E-state index contributed by atoms with van der Waals surface area (Å²) in [4.78, 5) is 19.7. The number of anilines is 1. The zero-order valence-corrected chi connectivity index (χ0v) is 17.3. The van der Waals surface area contributed by atoms with Crippen molar-refractivity contribution in [3.63, 3.8) is 0 Å². The average Bonchev–Trinajstić information content (AvgIpc) is 3.32. The van der Waals surface area contributed by atoms with Crippen LogP contribution in [0, 0.1) is 0 Å². The first kappa shape index (κ1) is 19.5. The largest absolute Gasteiger partial charge is 0.497 e. The van der Waals surface area contributed by atoms with E-state index in [9.17, 15) is 4.79 Å². The Morgan fingerprint density at radius 3 is 2.79 bits per heavy atom. The summed E-state index contributed by atoms with van der Waals surface area (Å²) < 4.78 is 7.68. The molecule has 0 bridgehead atoms. The molecule has 1 atom stereocenters. The molecule has 0 aliphatic carbocycles. The predicted octanol–water partition coefficient (Wildman–Crippen LogP) is 5.15. The highest BCUT2D eigenvalue weighted by atomic mass is 16.5. The predicted molar refractivity (Wildman–Crippen MR) is 117 cm³/mol. The van der Waals surface area contributed by atoms with Crippen LogP contribution in [0.2, 0.25) is 0 Å². The zero-order chi connectivity index (χ0) is 20.2. The number of unbranched alkanes of at least 4 members (excludes halogenated alkanes) is 3. The number of para-hydroxylation sites is 2. The molecular formula is C24H29N3O2. The van der Waals surface area contributed by atoms with E-state index < -0.39 is 0 Å². The first-order valence-corrected chi connectivity index (χ1v) is 10.6. The molecule has 1 fully saturated rings. The minimum atomic E-state index is 0.104. The summed E-state index contributed by atoms with van der Waals surface area (Å²) in [6, 6.07) is 16.0. The number of hydrogen-bond acceptors (Lipinski definition) is 3. The number of aromatic nitrogens is 2. The number of imidazole rings is 1. The summed E-state index contributed by atoms with van der Waals surface area (Å²) >= 11 is 0. The molecule has 0 N–H and O–H groups in total. The van der Waals surface area contributed by atoms with E-state index >= 15 is 0 Å². The third-order valence-corrected chi connectivity index (χ3v) is 5.77. The summed E-state index contributed by atoms with van der Waals surface area (Å²) in [7, 11) is 1.65. The van der Waals surface area contributed by atoms with Gasteiger partial charge in [-0.15, -0.1) is 0 Å². The molecule has 1 aromatic heterocycles. The first-order valence-electron chi connectivity index (χ1n) is 10.6. The highest BCUT2D eigenvalue weighted by Crippen LogP contribution is 2.34. The van der Waals surface area contributed by atoms with Gasteiger partial charge in [-0.1, -0.05) is 44.4 Å². The Hall–Kier alpha value is -2.82. The molecule has 2 heterocycles. The fourth-order valence-corrected chi connectivity index (χ4v) is 4.25. The maximum atomic E-state index is 12.8. The summed E-state index contributed by atoms with van der Waals surface area (Å²) in [5, 5.41) is 0. The van der Waals surface area contributed by atoms with Gasteiger partial charge in [0.15, 0.2) is 0 Å². The second-order valence-electron chi connectivity index (χ2n) is 7.78. The maximum Gasteiger partial charge on any atom is 0.227 e. The molecule has 5 nitrogen and oxygen atoms in total. The number of hydrogen-bond donors (Lipinski definition) is 0. The third kappa shape index (κ3) is 4.00. The van der Waals surface area contributed by atoms with Gasteiger partial charge >= 0.3 is 0 Å².